The van der Waals surface area contributed by atoms with Crippen molar-refractivity contribution in [3.05, 3.63) is 81.8 Å². The Hall–Kier alpha value is -5.53. The van der Waals surface area contributed by atoms with Crippen molar-refractivity contribution in [2.24, 2.45) is 23.7 Å². The summed E-state index contributed by atoms with van der Waals surface area (Å²) >= 11 is 0. The third-order valence-electron chi connectivity index (χ3n) is 11.1. The summed E-state index contributed by atoms with van der Waals surface area (Å²) in [5.41, 5.74) is 1.04. The smallest absolute Gasteiger partial charge is 0.312 e. The maximum atomic E-state index is 14.5. The highest BCUT2D eigenvalue weighted by Gasteiger charge is 2.49. The first-order chi connectivity index (χ1) is 26.5. The van der Waals surface area contributed by atoms with Crippen molar-refractivity contribution in [2.45, 2.75) is 85.9 Å². The van der Waals surface area contributed by atoms with Gasteiger partial charge in [0.05, 0.1) is 51.5 Å². The lowest BCUT2D eigenvalue weighted by molar-refractivity contribution is -0.159. The lowest BCUT2D eigenvalue weighted by Crippen LogP contribution is -2.44. The molecule has 8 atom stereocenters. The van der Waals surface area contributed by atoms with Gasteiger partial charge in [-0.25, -0.2) is 4.98 Å². The summed E-state index contributed by atoms with van der Waals surface area (Å²) < 4.78 is 23.8. The highest BCUT2D eigenvalue weighted by Crippen LogP contribution is 2.47. The monoisotopic (exact) mass is 767 g/mol. The van der Waals surface area contributed by atoms with Crippen molar-refractivity contribution in [3.63, 3.8) is 0 Å². The number of fused-ring (bicyclic) bond motifs is 2. The number of aromatic amines is 1. The zero-order valence-electron chi connectivity index (χ0n) is 33.1. The fourth-order valence-electron chi connectivity index (χ4n) is 7.94. The molecule has 3 heterocycles. The first kappa shape index (κ1) is 40.1. The standard InChI is InChI=1S/C43H49N3O10/c1-20-13-12-14-21(2)42(52)46-35-34-33(44-27-15-10-11-16-28(27)45-34)30-31(38(35)50)37(49)25(6)40-32(30)41(51)43(8,56-40)54-18-17-29(53-9)23(4)39(55-26(7)47)24(5)36(48)22(3)19-20/h10-18,20,22-24,29,36,39,45,48,50H,19H2,1-9H3,(H,46,52)/b13-12+,18-17+,21-14-/t20-,22+,23+,24+,29-,36+,39+,43-/m0/s1. The second-order valence-electron chi connectivity index (χ2n) is 15.3. The van der Waals surface area contributed by atoms with E-state index in [4.69, 9.17) is 23.9 Å². The number of para-hydroxylation sites is 2. The molecule has 4 N–H and O–H groups in total. The molecule has 13 nitrogen and oxygen atoms in total. The Bertz CT molecular complexity index is 2400. The van der Waals surface area contributed by atoms with Crippen LogP contribution in [0.15, 0.2) is 65.2 Å². The van der Waals surface area contributed by atoms with Crippen LogP contribution >= 0.6 is 0 Å². The van der Waals surface area contributed by atoms with E-state index >= 15 is 0 Å². The molecule has 296 valence electrons. The zero-order chi connectivity index (χ0) is 40.8. The quantitative estimate of drug-likeness (QED) is 0.0731. The molecule has 0 saturated heterocycles. The first-order valence-corrected chi connectivity index (χ1v) is 18.8. The SMILES string of the molecule is CO[C@H]1/C=C/O[C@@]2(C)Oc3c(C)c(=O)c4c(O)c(c5[nH]c6ccccc6nc5c4c3C2=O)NC(=O)/C(C)=C\C=C\[C@H](C)C[C@@H](C)[C@@H](O)[C@@H](C)[C@H](OC(C)=O)[C@@H]1C. The molecule has 2 aliphatic rings. The highest BCUT2D eigenvalue weighted by atomic mass is 16.7. The lowest BCUT2D eigenvalue weighted by Gasteiger charge is -2.36. The van der Waals surface area contributed by atoms with Crippen LogP contribution in [-0.4, -0.2) is 69.0 Å². The number of ketones is 1. The number of aliphatic hydroxyl groups excluding tert-OH is 1. The van der Waals surface area contributed by atoms with Gasteiger partial charge in [-0.05, 0) is 50.3 Å². The largest absolute Gasteiger partial charge is 0.505 e. The van der Waals surface area contributed by atoms with Gasteiger partial charge in [0, 0.05) is 49.3 Å². The number of H-pyrrole nitrogens is 1. The van der Waals surface area contributed by atoms with E-state index in [0.717, 1.165) is 0 Å². The topological polar surface area (TPSA) is 186 Å². The summed E-state index contributed by atoms with van der Waals surface area (Å²) in [5.74, 6) is -5.43. The van der Waals surface area contributed by atoms with Gasteiger partial charge in [-0.15, -0.1) is 0 Å². The molecule has 0 radical (unpaired) electrons. The number of hydrogen-bond acceptors (Lipinski definition) is 11. The number of phenolic OH excluding ortho intramolecular Hbond substituents is 1. The van der Waals surface area contributed by atoms with Gasteiger partial charge in [0.25, 0.3) is 11.7 Å². The van der Waals surface area contributed by atoms with Crippen molar-refractivity contribution in [2.75, 3.05) is 12.4 Å². The van der Waals surface area contributed by atoms with Crippen LogP contribution in [0.3, 0.4) is 0 Å². The summed E-state index contributed by atoms with van der Waals surface area (Å²) in [4.78, 5) is 62.8. The number of methoxy groups -OCH3 is 1. The van der Waals surface area contributed by atoms with Gasteiger partial charge in [-0.3, -0.25) is 19.2 Å². The molecule has 6 rings (SSSR count). The Labute approximate surface area is 324 Å². The predicted molar refractivity (Wildman–Crippen MR) is 213 cm³/mol. The number of phenols is 1. The summed E-state index contributed by atoms with van der Waals surface area (Å²) in [6, 6.07) is 7.12. The third-order valence-corrected chi connectivity index (χ3v) is 11.1. The molecule has 4 bridgehead atoms. The van der Waals surface area contributed by atoms with Gasteiger partial charge in [0.1, 0.15) is 17.5 Å². The summed E-state index contributed by atoms with van der Waals surface area (Å²) in [7, 11) is 1.49. The van der Waals surface area contributed by atoms with Gasteiger partial charge >= 0.3 is 11.8 Å². The van der Waals surface area contributed by atoms with Crippen molar-refractivity contribution < 1.29 is 43.5 Å². The maximum absolute atomic E-state index is 14.5. The number of carbonyl (C=O) groups is 3. The first-order valence-electron chi connectivity index (χ1n) is 18.8. The molecule has 0 unspecified atom stereocenters. The van der Waals surface area contributed by atoms with Crippen LogP contribution in [0.4, 0.5) is 5.69 Å². The van der Waals surface area contributed by atoms with Crippen LogP contribution in [0.25, 0.3) is 32.8 Å². The molecule has 3 aromatic carbocycles. The Balaban J connectivity index is 1.57. The number of aliphatic hydroxyl groups is 1. The number of aromatic hydroxyl groups is 1. The van der Waals surface area contributed by atoms with Crippen LogP contribution in [0.5, 0.6) is 11.5 Å². The molecule has 13 heteroatoms. The molecule has 4 aromatic rings. The van der Waals surface area contributed by atoms with E-state index in [1.807, 2.05) is 33.8 Å². The number of nitrogens with zero attached hydrogens (tertiary/aromatic N) is 1. The lowest BCUT2D eigenvalue weighted by atomic mass is 9.79. The number of benzene rings is 3. The number of carbonyl (C=O) groups excluding carboxylic acids is 3. The van der Waals surface area contributed by atoms with Gasteiger partial charge in [-0.2, -0.15) is 0 Å². The molecule has 2 aliphatic heterocycles. The third kappa shape index (κ3) is 7.16. The second-order valence-corrected chi connectivity index (χ2v) is 15.3. The zero-order valence-corrected chi connectivity index (χ0v) is 33.1. The molecule has 0 aliphatic carbocycles. The van der Waals surface area contributed by atoms with E-state index in [2.05, 4.69) is 10.3 Å². The Morgan fingerprint density at radius 2 is 1.75 bits per heavy atom. The number of esters is 1. The van der Waals surface area contributed by atoms with Crippen LogP contribution in [-0.2, 0) is 23.8 Å². The van der Waals surface area contributed by atoms with E-state index in [0.29, 0.717) is 23.0 Å². The van der Waals surface area contributed by atoms with Crippen LogP contribution in [0, 0.1) is 30.6 Å². The number of allylic oxidation sites excluding steroid dienone is 3. The van der Waals surface area contributed by atoms with Crippen LogP contribution in [0.1, 0.15) is 70.8 Å². The molecule has 0 spiro atoms. The molecule has 0 saturated carbocycles. The number of hydrogen-bond donors (Lipinski definition) is 4. The van der Waals surface area contributed by atoms with Gasteiger partial charge in [-0.1, -0.05) is 58.1 Å². The normalized spacial score (nSPS) is 29.8. The van der Waals surface area contributed by atoms with Crippen molar-refractivity contribution >= 4 is 56.2 Å². The number of amides is 1. The Morgan fingerprint density at radius 1 is 1.04 bits per heavy atom. The minimum atomic E-state index is -1.96. The fourth-order valence-corrected chi connectivity index (χ4v) is 7.94. The minimum Gasteiger partial charge on any atom is -0.505 e. The number of aromatic nitrogens is 2. The average Bonchev–Trinajstić information content (AvgIpc) is 3.42. The Kier molecular flexibility index (Phi) is 11.1. The van der Waals surface area contributed by atoms with E-state index in [1.54, 1.807) is 49.4 Å². The molecular weight excluding hydrogens is 718 g/mol. The molecule has 0 fully saturated rings. The highest BCUT2D eigenvalue weighted by molar-refractivity contribution is 6.27. The molecule has 56 heavy (non-hydrogen) atoms. The van der Waals surface area contributed by atoms with E-state index in [-0.39, 0.29) is 56.2 Å². The average molecular weight is 768 g/mol. The minimum absolute atomic E-state index is 0.00476. The van der Waals surface area contributed by atoms with E-state index in [1.165, 1.54) is 34.1 Å². The maximum Gasteiger partial charge on any atom is 0.312 e. The number of nitrogens with one attached hydrogen (secondary N) is 2. The van der Waals surface area contributed by atoms with Crippen molar-refractivity contribution in [3.8, 4) is 11.5 Å². The van der Waals surface area contributed by atoms with Crippen LogP contribution in [0.2, 0.25) is 0 Å². The van der Waals surface area contributed by atoms with E-state index in [9.17, 15) is 29.4 Å². The fraction of sp³-hybridized carbons (Fsp3) is 0.419. The number of ether oxygens (including phenoxy) is 4. The van der Waals surface area contributed by atoms with Gasteiger partial charge in [0.2, 0.25) is 0 Å². The molecule has 1 aromatic heterocycles. The van der Waals surface area contributed by atoms with E-state index < -0.39 is 64.8 Å². The molecule has 1 amide bonds. The summed E-state index contributed by atoms with van der Waals surface area (Å²) in [6.45, 7) is 13.4. The second kappa shape index (κ2) is 15.5. The number of anilines is 1. The van der Waals surface area contributed by atoms with Crippen molar-refractivity contribution in [1.82, 2.24) is 9.97 Å². The summed E-state index contributed by atoms with van der Waals surface area (Å²) in [5, 5.41) is 26.0. The molecular formula is C43H49N3O10. The van der Waals surface area contributed by atoms with Gasteiger partial charge in [0.15, 0.2) is 11.2 Å². The number of Topliss-reactive ketones (excluding diaryl/α,β-unsaturated/α-hetero) is 1. The number of rotatable bonds is 2. The summed E-state index contributed by atoms with van der Waals surface area (Å²) in [6.07, 6.45) is 6.42. The van der Waals surface area contributed by atoms with Crippen molar-refractivity contribution in [1.29, 1.82) is 0 Å². The predicted octanol–water partition coefficient (Wildman–Crippen LogP) is 6.76. The van der Waals surface area contributed by atoms with Crippen LogP contribution < -0.4 is 15.5 Å². The van der Waals surface area contributed by atoms with Gasteiger partial charge < -0.3 is 39.5 Å². The Morgan fingerprint density at radius 3 is 2.45 bits per heavy atom.